The fraction of sp³-hybridized carbons (Fsp3) is 0.389. The summed E-state index contributed by atoms with van der Waals surface area (Å²) >= 11 is 0. The van der Waals surface area contributed by atoms with Crippen LogP contribution in [0.15, 0.2) is 30.5 Å². The molecule has 0 aliphatic rings. The number of aromatic amines is 1. The van der Waals surface area contributed by atoms with Gasteiger partial charge in [-0.3, -0.25) is 4.79 Å². The molecule has 0 bridgehead atoms. The van der Waals surface area contributed by atoms with Crippen LogP contribution in [0.5, 0.6) is 0 Å². The number of hydrogen-bond acceptors (Lipinski definition) is 4. The van der Waals surface area contributed by atoms with Gasteiger partial charge in [-0.2, -0.15) is 13.2 Å². The monoisotopic (exact) mass is 417 g/mol. The van der Waals surface area contributed by atoms with E-state index in [1.165, 1.54) is 0 Å². The van der Waals surface area contributed by atoms with E-state index in [2.05, 4.69) is 10.3 Å². The third-order valence-electron chi connectivity index (χ3n) is 3.92. The Labute approximate surface area is 163 Å². The van der Waals surface area contributed by atoms with Crippen molar-refractivity contribution in [1.82, 2.24) is 10.3 Å². The lowest BCUT2D eigenvalue weighted by Crippen LogP contribution is -2.51. The Morgan fingerprint density at radius 3 is 2.21 bits per heavy atom. The number of aliphatic carboxylic acids is 2. The van der Waals surface area contributed by atoms with Gasteiger partial charge in [0.05, 0.1) is 6.04 Å². The maximum absolute atomic E-state index is 12.1. The van der Waals surface area contributed by atoms with Crippen molar-refractivity contribution in [3.63, 3.8) is 0 Å². The average molecular weight is 417 g/mol. The molecule has 1 heterocycles. The number of amides is 1. The van der Waals surface area contributed by atoms with Gasteiger partial charge in [-0.25, -0.2) is 9.59 Å². The van der Waals surface area contributed by atoms with Crippen molar-refractivity contribution in [1.29, 1.82) is 0 Å². The van der Waals surface area contributed by atoms with Crippen LogP contribution in [0.4, 0.5) is 13.2 Å². The van der Waals surface area contributed by atoms with Crippen LogP contribution >= 0.6 is 0 Å². The van der Waals surface area contributed by atoms with Crippen molar-refractivity contribution >= 4 is 28.7 Å². The zero-order valence-corrected chi connectivity index (χ0v) is 15.7. The number of fused-ring (bicyclic) bond motifs is 1. The molecular weight excluding hydrogens is 395 g/mol. The quantitative estimate of drug-likeness (QED) is 0.485. The average Bonchev–Trinajstić information content (AvgIpc) is 3.01. The highest BCUT2D eigenvalue weighted by Crippen LogP contribution is 2.19. The van der Waals surface area contributed by atoms with Gasteiger partial charge in [0.1, 0.15) is 6.04 Å². The van der Waals surface area contributed by atoms with Crippen LogP contribution in [0, 0.1) is 5.92 Å². The summed E-state index contributed by atoms with van der Waals surface area (Å²) in [5, 5.41) is 19.8. The molecule has 0 spiro atoms. The molecule has 1 aromatic heterocycles. The second-order valence-electron chi connectivity index (χ2n) is 6.54. The smallest absolute Gasteiger partial charge is 0.480 e. The van der Waals surface area contributed by atoms with Gasteiger partial charge < -0.3 is 26.2 Å². The van der Waals surface area contributed by atoms with Crippen molar-refractivity contribution in [2.24, 2.45) is 11.7 Å². The lowest BCUT2D eigenvalue weighted by molar-refractivity contribution is -0.192. The molecule has 6 N–H and O–H groups in total. The molecule has 1 aromatic carbocycles. The number of carboxylic acid groups (broad SMARTS) is 2. The minimum absolute atomic E-state index is 0.207. The summed E-state index contributed by atoms with van der Waals surface area (Å²) in [5.41, 5.74) is 7.85. The van der Waals surface area contributed by atoms with E-state index < -0.39 is 36.1 Å². The maximum Gasteiger partial charge on any atom is 0.490 e. The first-order chi connectivity index (χ1) is 13.3. The highest BCUT2D eigenvalue weighted by atomic mass is 19.4. The van der Waals surface area contributed by atoms with Crippen molar-refractivity contribution in [3.8, 4) is 0 Å². The number of hydrogen-bond donors (Lipinski definition) is 5. The minimum atomic E-state index is -5.08. The van der Waals surface area contributed by atoms with Gasteiger partial charge >= 0.3 is 18.1 Å². The number of halogens is 3. The lowest BCUT2D eigenvalue weighted by atomic mass is 10.0. The first kappa shape index (κ1) is 24.0. The molecule has 0 saturated carbocycles. The van der Waals surface area contributed by atoms with Crippen molar-refractivity contribution in [3.05, 3.63) is 36.0 Å². The van der Waals surface area contributed by atoms with Gasteiger partial charge in [0.15, 0.2) is 0 Å². The van der Waals surface area contributed by atoms with E-state index in [-0.39, 0.29) is 5.92 Å². The molecule has 0 radical (unpaired) electrons. The van der Waals surface area contributed by atoms with Crippen molar-refractivity contribution in [2.45, 2.75) is 38.5 Å². The molecular formula is C18H22F3N3O5. The normalized spacial score (nSPS) is 13.3. The number of carbonyl (C=O) groups is 3. The van der Waals surface area contributed by atoms with E-state index in [1.54, 1.807) is 13.8 Å². The number of carbonyl (C=O) groups excluding carboxylic acids is 1. The highest BCUT2D eigenvalue weighted by molar-refractivity contribution is 5.88. The Hall–Kier alpha value is -3.08. The third kappa shape index (κ3) is 7.11. The van der Waals surface area contributed by atoms with Gasteiger partial charge in [0.2, 0.25) is 5.91 Å². The van der Waals surface area contributed by atoms with E-state index >= 15 is 0 Å². The zero-order valence-electron chi connectivity index (χ0n) is 15.7. The van der Waals surface area contributed by atoms with Crippen LogP contribution in [-0.2, 0) is 20.8 Å². The molecule has 29 heavy (non-hydrogen) atoms. The van der Waals surface area contributed by atoms with Gasteiger partial charge in [-0.15, -0.1) is 0 Å². The number of rotatable bonds is 6. The number of nitrogens with one attached hydrogen (secondary N) is 2. The van der Waals surface area contributed by atoms with Crippen LogP contribution in [0.2, 0.25) is 0 Å². The zero-order chi connectivity index (χ0) is 22.4. The molecule has 1 amide bonds. The molecule has 160 valence electrons. The Balaban J connectivity index is 0.000000516. The maximum atomic E-state index is 12.1. The molecule has 0 unspecified atom stereocenters. The van der Waals surface area contributed by atoms with Gasteiger partial charge in [0.25, 0.3) is 0 Å². The van der Waals surface area contributed by atoms with Crippen molar-refractivity contribution < 1.29 is 37.8 Å². The third-order valence-corrected chi connectivity index (χ3v) is 3.92. The predicted molar refractivity (Wildman–Crippen MR) is 98.1 cm³/mol. The molecule has 2 aromatic rings. The Morgan fingerprint density at radius 2 is 1.72 bits per heavy atom. The Kier molecular flexibility index (Phi) is 8.19. The van der Waals surface area contributed by atoms with E-state index in [0.717, 1.165) is 16.5 Å². The summed E-state index contributed by atoms with van der Waals surface area (Å²) in [6.45, 7) is 3.48. The summed E-state index contributed by atoms with van der Waals surface area (Å²) in [5.74, 6) is -4.47. The standard InChI is InChI=1S/C16H21N3O3.C2HF3O2/c1-9(2)14(16(21)22)19-15(20)12(17)7-10-8-18-13-6-4-3-5-11(10)13;3-2(4,5)1(6)7/h3-6,8-9,12,14,18H,7,17H2,1-2H3,(H,19,20)(H,21,22);(H,6,7)/t12-,14-;/m0./s1. The summed E-state index contributed by atoms with van der Waals surface area (Å²) < 4.78 is 31.7. The minimum Gasteiger partial charge on any atom is -0.480 e. The Bertz CT molecular complexity index is 864. The number of para-hydroxylation sites is 1. The van der Waals surface area contributed by atoms with E-state index in [0.29, 0.717) is 6.42 Å². The number of benzene rings is 1. The van der Waals surface area contributed by atoms with Crippen LogP contribution < -0.4 is 11.1 Å². The molecule has 11 heteroatoms. The lowest BCUT2D eigenvalue weighted by Gasteiger charge is -2.20. The van der Waals surface area contributed by atoms with Crippen LogP contribution in [0.1, 0.15) is 19.4 Å². The van der Waals surface area contributed by atoms with E-state index in [9.17, 15) is 22.8 Å². The van der Waals surface area contributed by atoms with Gasteiger partial charge in [-0.05, 0) is 24.0 Å². The molecule has 0 aliphatic carbocycles. The van der Waals surface area contributed by atoms with Crippen LogP contribution in [0.3, 0.4) is 0 Å². The second kappa shape index (κ2) is 9.92. The summed E-state index contributed by atoms with van der Waals surface area (Å²) in [6.07, 6.45) is -2.91. The number of carboxylic acids is 2. The van der Waals surface area contributed by atoms with Gasteiger partial charge in [-0.1, -0.05) is 32.0 Å². The summed E-state index contributed by atoms with van der Waals surface area (Å²) in [4.78, 5) is 35.3. The molecule has 0 aliphatic heterocycles. The van der Waals surface area contributed by atoms with Gasteiger partial charge in [0, 0.05) is 17.1 Å². The first-order valence-electron chi connectivity index (χ1n) is 8.48. The molecule has 2 atom stereocenters. The molecule has 0 fully saturated rings. The molecule has 2 rings (SSSR count). The van der Waals surface area contributed by atoms with E-state index in [4.69, 9.17) is 20.7 Å². The van der Waals surface area contributed by atoms with Crippen LogP contribution in [-0.4, -0.2) is 51.3 Å². The number of aromatic nitrogens is 1. The topological polar surface area (TPSA) is 146 Å². The fourth-order valence-electron chi connectivity index (χ4n) is 2.40. The largest absolute Gasteiger partial charge is 0.490 e. The SMILES string of the molecule is CC(C)[C@H](NC(=O)[C@@H](N)Cc1c[nH]c2ccccc12)C(=O)O.O=C(O)C(F)(F)F. The summed E-state index contributed by atoms with van der Waals surface area (Å²) in [7, 11) is 0. The fourth-order valence-corrected chi connectivity index (χ4v) is 2.40. The van der Waals surface area contributed by atoms with Crippen LogP contribution in [0.25, 0.3) is 10.9 Å². The summed E-state index contributed by atoms with van der Waals surface area (Å²) in [6, 6.07) is 6.03. The highest BCUT2D eigenvalue weighted by Gasteiger charge is 2.38. The second-order valence-corrected chi connectivity index (χ2v) is 6.54. The molecule has 0 saturated heterocycles. The Morgan fingerprint density at radius 1 is 1.17 bits per heavy atom. The number of nitrogens with two attached hydrogens (primary N) is 1. The predicted octanol–water partition coefficient (Wildman–Crippen LogP) is 1.90. The number of H-pyrrole nitrogens is 1. The van der Waals surface area contributed by atoms with E-state index in [1.807, 2.05) is 30.5 Å². The first-order valence-corrected chi connectivity index (χ1v) is 8.48. The molecule has 8 nitrogen and oxygen atoms in total. The van der Waals surface area contributed by atoms with Crippen molar-refractivity contribution in [2.75, 3.05) is 0 Å². The number of alkyl halides is 3.